The topological polar surface area (TPSA) is 69.6 Å². The van der Waals surface area contributed by atoms with Crippen LogP contribution in [-0.2, 0) is 4.79 Å². The lowest BCUT2D eigenvalue weighted by Crippen LogP contribution is -2.45. The van der Waals surface area contributed by atoms with E-state index in [9.17, 15) is 15.0 Å². The van der Waals surface area contributed by atoms with E-state index in [0.29, 0.717) is 6.42 Å². The van der Waals surface area contributed by atoms with Crippen molar-refractivity contribution in [2.75, 3.05) is 6.61 Å². The zero-order chi connectivity index (χ0) is 52.0. The minimum absolute atomic E-state index is 0.0602. The van der Waals surface area contributed by atoms with Gasteiger partial charge in [-0.25, -0.2) is 0 Å². The number of carbonyl (C=O) groups excluding carboxylic acids is 1. The van der Waals surface area contributed by atoms with Crippen LogP contribution >= 0.6 is 0 Å². The van der Waals surface area contributed by atoms with Crippen LogP contribution in [0.5, 0.6) is 0 Å². The second-order valence-corrected chi connectivity index (χ2v) is 21.5. The third kappa shape index (κ3) is 58.5. The number of hydrogen-bond acceptors (Lipinski definition) is 3. The van der Waals surface area contributed by atoms with E-state index >= 15 is 0 Å². The molecule has 0 aromatic rings. The van der Waals surface area contributed by atoms with Crippen molar-refractivity contribution < 1.29 is 15.0 Å². The number of rotatable bonds is 58. The molecule has 0 rings (SSSR count). The van der Waals surface area contributed by atoms with Crippen molar-refractivity contribution in [1.82, 2.24) is 5.32 Å². The van der Waals surface area contributed by atoms with Crippen LogP contribution in [0.4, 0.5) is 0 Å². The highest BCUT2D eigenvalue weighted by atomic mass is 16.3. The van der Waals surface area contributed by atoms with Crippen LogP contribution in [0, 0.1) is 0 Å². The average Bonchev–Trinajstić information content (AvgIpc) is 3.39. The summed E-state index contributed by atoms with van der Waals surface area (Å²) in [7, 11) is 0. The maximum atomic E-state index is 12.5. The number of aliphatic hydroxyl groups excluding tert-OH is 2. The number of hydrogen-bond donors (Lipinski definition) is 3. The second kappa shape index (κ2) is 62.9. The first-order valence-corrected chi connectivity index (χ1v) is 31.8. The summed E-state index contributed by atoms with van der Waals surface area (Å²) in [5.74, 6) is -0.0602. The Bertz CT molecular complexity index is 1270. The fourth-order valence-electron chi connectivity index (χ4n) is 9.60. The second-order valence-electron chi connectivity index (χ2n) is 21.5. The summed E-state index contributed by atoms with van der Waals surface area (Å²) in [5.41, 5.74) is 0. The predicted molar refractivity (Wildman–Crippen MR) is 322 cm³/mol. The first kappa shape index (κ1) is 69.6. The SMILES string of the molecule is CC/C=C\C/C=C\C/C=C\C/C=C\C/C=C\C/C=C\CCCCCCCCCCCCCCCCCCCCCCC(=O)NC(CO)C(O)/C=C/CCCCCCCCCCCCCCCCCCCCC. The molecule has 0 fully saturated rings. The molecule has 2 unspecified atom stereocenters. The number of carbonyl (C=O) groups is 1. The van der Waals surface area contributed by atoms with E-state index in [-0.39, 0.29) is 12.5 Å². The highest BCUT2D eigenvalue weighted by Gasteiger charge is 2.18. The molecule has 0 saturated carbocycles. The molecule has 4 heteroatoms. The van der Waals surface area contributed by atoms with Gasteiger partial charge in [0.05, 0.1) is 18.8 Å². The van der Waals surface area contributed by atoms with Crippen molar-refractivity contribution in [2.24, 2.45) is 0 Å². The molecule has 418 valence electrons. The van der Waals surface area contributed by atoms with Gasteiger partial charge in [0.2, 0.25) is 5.91 Å². The Kier molecular flexibility index (Phi) is 60.7. The van der Waals surface area contributed by atoms with Gasteiger partial charge in [-0.15, -0.1) is 0 Å². The first-order chi connectivity index (χ1) is 35.7. The zero-order valence-corrected chi connectivity index (χ0v) is 48.2. The highest BCUT2D eigenvalue weighted by molar-refractivity contribution is 5.76. The molecule has 1 amide bonds. The summed E-state index contributed by atoms with van der Waals surface area (Å²) >= 11 is 0. The predicted octanol–water partition coefficient (Wildman–Crippen LogP) is 21.5. The maximum absolute atomic E-state index is 12.5. The van der Waals surface area contributed by atoms with Crippen LogP contribution in [0.15, 0.2) is 85.1 Å². The normalized spacial score (nSPS) is 13.3. The number of unbranched alkanes of at least 4 members (excludes halogenated alkanes) is 39. The fourth-order valence-corrected chi connectivity index (χ4v) is 9.60. The van der Waals surface area contributed by atoms with Crippen molar-refractivity contribution in [3.05, 3.63) is 85.1 Å². The van der Waals surface area contributed by atoms with E-state index in [2.05, 4.69) is 92.1 Å². The average molecular weight is 1000 g/mol. The molecule has 0 heterocycles. The molecule has 0 bridgehead atoms. The van der Waals surface area contributed by atoms with Gasteiger partial charge in [-0.1, -0.05) is 330 Å². The van der Waals surface area contributed by atoms with E-state index in [0.717, 1.165) is 64.2 Å². The summed E-state index contributed by atoms with van der Waals surface area (Å²) in [6, 6.07) is -0.625. The molecule has 2 atom stereocenters. The van der Waals surface area contributed by atoms with Gasteiger partial charge < -0.3 is 15.5 Å². The monoisotopic (exact) mass is 1000 g/mol. The molecule has 4 nitrogen and oxygen atoms in total. The van der Waals surface area contributed by atoms with Gasteiger partial charge in [0, 0.05) is 6.42 Å². The molecule has 72 heavy (non-hydrogen) atoms. The summed E-state index contributed by atoms with van der Waals surface area (Å²) in [6.45, 7) is 4.22. The van der Waals surface area contributed by atoms with Gasteiger partial charge in [0.1, 0.15) is 0 Å². The molecule has 0 saturated heterocycles. The van der Waals surface area contributed by atoms with E-state index in [1.807, 2.05) is 6.08 Å². The number of allylic oxidation sites excluding steroid dienone is 13. The van der Waals surface area contributed by atoms with Crippen LogP contribution in [-0.4, -0.2) is 34.9 Å². The Labute approximate surface area is 450 Å². The Morgan fingerprint density at radius 1 is 0.347 bits per heavy atom. The number of nitrogens with one attached hydrogen (secondary N) is 1. The Balaban J connectivity index is 3.46. The lowest BCUT2D eigenvalue weighted by molar-refractivity contribution is -0.123. The van der Waals surface area contributed by atoms with Crippen molar-refractivity contribution in [2.45, 2.75) is 334 Å². The lowest BCUT2D eigenvalue weighted by Gasteiger charge is -2.20. The lowest BCUT2D eigenvalue weighted by atomic mass is 10.0. The third-order valence-electron chi connectivity index (χ3n) is 14.4. The summed E-state index contributed by atoms with van der Waals surface area (Å²) < 4.78 is 0. The molecule has 0 aliphatic carbocycles. The Hall–Kier alpha value is -2.43. The standard InChI is InChI=1S/C68H123NO3/c1-3-5-7-9-11-13-15-17-19-21-23-25-26-27-28-29-30-31-32-33-34-35-36-37-38-39-40-41-42-44-46-48-50-52-54-56-58-60-62-64-68(72)69-66(65-70)67(71)63-61-59-57-55-53-51-49-47-45-43-24-22-20-18-16-14-12-10-8-6-4-2/h5,7,11,13,17,19,23,25,27-28,30-31,61,63,66-67,70-71H,3-4,6,8-10,12,14-16,18,20-22,24,26,29,32-60,62,64-65H2,1-2H3,(H,69,72)/b7-5-,13-11-,19-17-,25-23-,28-27-,31-30-,63-61+. The molecule has 0 radical (unpaired) electrons. The van der Waals surface area contributed by atoms with E-state index in [4.69, 9.17) is 0 Å². The Morgan fingerprint density at radius 2 is 0.611 bits per heavy atom. The molecular weight excluding hydrogens is 879 g/mol. The van der Waals surface area contributed by atoms with Gasteiger partial charge in [0.15, 0.2) is 0 Å². The highest BCUT2D eigenvalue weighted by Crippen LogP contribution is 2.18. The van der Waals surface area contributed by atoms with Crippen molar-refractivity contribution in [3.8, 4) is 0 Å². The zero-order valence-electron chi connectivity index (χ0n) is 48.2. The van der Waals surface area contributed by atoms with Crippen LogP contribution in [0.1, 0.15) is 322 Å². The van der Waals surface area contributed by atoms with Crippen molar-refractivity contribution in [3.63, 3.8) is 0 Å². The van der Waals surface area contributed by atoms with Crippen LogP contribution < -0.4 is 5.32 Å². The van der Waals surface area contributed by atoms with Gasteiger partial charge in [0.25, 0.3) is 0 Å². The molecule has 0 aliphatic rings. The molecular formula is C68H123NO3. The molecule has 0 aliphatic heterocycles. The molecule has 0 aromatic heterocycles. The van der Waals surface area contributed by atoms with E-state index in [1.165, 1.54) is 238 Å². The summed E-state index contributed by atoms with van der Waals surface area (Å²) in [6.07, 6.45) is 92.1. The summed E-state index contributed by atoms with van der Waals surface area (Å²) in [5, 5.41) is 23.2. The van der Waals surface area contributed by atoms with E-state index in [1.54, 1.807) is 6.08 Å². The van der Waals surface area contributed by atoms with E-state index < -0.39 is 12.1 Å². The fraction of sp³-hybridized carbons (Fsp3) is 0.779. The third-order valence-corrected chi connectivity index (χ3v) is 14.4. The maximum Gasteiger partial charge on any atom is 0.220 e. The number of aliphatic hydroxyl groups is 2. The van der Waals surface area contributed by atoms with Gasteiger partial charge >= 0.3 is 0 Å². The summed E-state index contributed by atoms with van der Waals surface area (Å²) in [4.78, 5) is 12.5. The Morgan fingerprint density at radius 3 is 0.917 bits per heavy atom. The minimum Gasteiger partial charge on any atom is -0.394 e. The van der Waals surface area contributed by atoms with Crippen LogP contribution in [0.25, 0.3) is 0 Å². The van der Waals surface area contributed by atoms with Gasteiger partial charge in [-0.2, -0.15) is 0 Å². The van der Waals surface area contributed by atoms with Gasteiger partial charge in [-0.05, 0) is 70.6 Å². The largest absolute Gasteiger partial charge is 0.394 e. The first-order valence-electron chi connectivity index (χ1n) is 31.8. The van der Waals surface area contributed by atoms with Gasteiger partial charge in [-0.3, -0.25) is 4.79 Å². The molecule has 0 spiro atoms. The van der Waals surface area contributed by atoms with Crippen molar-refractivity contribution in [1.29, 1.82) is 0 Å². The minimum atomic E-state index is -0.841. The molecule has 0 aromatic carbocycles. The number of amides is 1. The quantitative estimate of drug-likeness (QED) is 0.0420. The molecule has 3 N–H and O–H groups in total. The smallest absolute Gasteiger partial charge is 0.220 e. The van der Waals surface area contributed by atoms with Crippen molar-refractivity contribution >= 4 is 5.91 Å². The van der Waals surface area contributed by atoms with Crippen LogP contribution in [0.2, 0.25) is 0 Å². The van der Waals surface area contributed by atoms with Crippen LogP contribution in [0.3, 0.4) is 0 Å².